The molecule has 1 aromatic carbocycles. The van der Waals surface area contributed by atoms with Crippen LogP contribution in [0.15, 0.2) is 72.6 Å². The molecule has 0 saturated carbocycles. The first-order valence-electron chi connectivity index (χ1n) is 13.3. The van der Waals surface area contributed by atoms with Crippen LogP contribution in [-0.2, 0) is 40.3 Å². The summed E-state index contributed by atoms with van der Waals surface area (Å²) in [5.74, 6) is -0.798. The van der Waals surface area contributed by atoms with E-state index in [1.165, 1.54) is 7.11 Å². The largest absolute Gasteiger partial charge is 0.464 e. The lowest BCUT2D eigenvalue weighted by atomic mass is 10.0. The van der Waals surface area contributed by atoms with Gasteiger partial charge >= 0.3 is 12.1 Å². The number of allylic oxidation sites excluding steroid dienone is 2. The number of aromatic nitrogens is 3. The number of hydrogen-bond donors (Lipinski definition) is 2. The van der Waals surface area contributed by atoms with Crippen LogP contribution in [0.25, 0.3) is 0 Å². The molecule has 218 valence electrons. The number of nitrogens with zero attached hydrogens (tertiary/aromatic N) is 3. The molecule has 2 aromatic heterocycles. The van der Waals surface area contributed by atoms with Gasteiger partial charge in [-0.3, -0.25) is 4.79 Å². The molecule has 0 fully saturated rings. The predicted molar refractivity (Wildman–Crippen MR) is 152 cm³/mol. The normalized spacial score (nSPS) is 12.3. The zero-order chi connectivity index (χ0) is 29.8. The van der Waals surface area contributed by atoms with Crippen molar-refractivity contribution in [2.24, 2.45) is 5.92 Å². The van der Waals surface area contributed by atoms with Gasteiger partial charge in [0.15, 0.2) is 5.69 Å². The van der Waals surface area contributed by atoms with Gasteiger partial charge in [0.05, 0.1) is 19.1 Å². The first-order chi connectivity index (χ1) is 19.7. The number of aryl methyl sites for hydroxylation is 1. The topological polar surface area (TPSA) is 138 Å². The summed E-state index contributed by atoms with van der Waals surface area (Å²) in [7, 11) is 1.26. The Bertz CT molecular complexity index is 1330. The van der Waals surface area contributed by atoms with Crippen molar-refractivity contribution in [3.8, 4) is 0 Å². The molecular weight excluding hydrogens is 526 g/mol. The highest BCUT2D eigenvalue weighted by atomic mass is 16.5. The molecule has 0 saturated heterocycles. The van der Waals surface area contributed by atoms with Gasteiger partial charge in [0.2, 0.25) is 11.8 Å². The van der Waals surface area contributed by atoms with Crippen LogP contribution in [0.1, 0.15) is 59.7 Å². The van der Waals surface area contributed by atoms with Gasteiger partial charge in [-0.25, -0.2) is 19.6 Å². The number of ether oxygens (including phenoxy) is 2. The van der Waals surface area contributed by atoms with Crippen molar-refractivity contribution in [1.82, 2.24) is 25.2 Å². The fourth-order valence-electron chi connectivity index (χ4n) is 4.02. The summed E-state index contributed by atoms with van der Waals surface area (Å²) in [6.45, 7) is 11.8. The van der Waals surface area contributed by atoms with E-state index in [1.54, 1.807) is 24.7 Å². The van der Waals surface area contributed by atoms with Crippen molar-refractivity contribution in [3.63, 3.8) is 0 Å². The van der Waals surface area contributed by atoms with Crippen LogP contribution in [0.3, 0.4) is 0 Å². The van der Waals surface area contributed by atoms with Crippen molar-refractivity contribution < 1.29 is 28.3 Å². The Morgan fingerprint density at radius 1 is 1.12 bits per heavy atom. The Hall–Kier alpha value is -4.67. The molecule has 2 atom stereocenters. The summed E-state index contributed by atoms with van der Waals surface area (Å²) in [6, 6.07) is 7.49. The molecule has 0 radical (unpaired) electrons. The fraction of sp³-hybridized carbons (Fsp3) is 0.367. The van der Waals surface area contributed by atoms with Gasteiger partial charge in [-0.2, -0.15) is 0 Å². The highest BCUT2D eigenvalue weighted by Gasteiger charge is 2.31. The molecule has 3 rings (SSSR count). The maximum Gasteiger partial charge on any atom is 0.408 e. The number of methoxy groups -OCH3 is 1. The molecule has 0 aliphatic rings. The quantitative estimate of drug-likeness (QED) is 0.206. The average molecular weight is 564 g/mol. The Kier molecular flexibility index (Phi) is 11.4. The Labute approximate surface area is 239 Å². The number of carbonyl (C=O) groups excluding carboxylic acids is 3. The van der Waals surface area contributed by atoms with Gasteiger partial charge in [-0.05, 0) is 17.9 Å². The molecular formula is C30H37N5O6. The van der Waals surface area contributed by atoms with E-state index in [1.807, 2.05) is 48.7 Å². The summed E-state index contributed by atoms with van der Waals surface area (Å²) in [6.07, 6.45) is 7.14. The number of hydrogen-bond acceptors (Lipinski definition) is 8. The molecule has 1 unspecified atom stereocenters. The predicted octanol–water partition coefficient (Wildman–Crippen LogP) is 4.31. The van der Waals surface area contributed by atoms with E-state index in [0.717, 1.165) is 5.56 Å². The van der Waals surface area contributed by atoms with E-state index in [0.29, 0.717) is 30.8 Å². The van der Waals surface area contributed by atoms with Gasteiger partial charge < -0.3 is 29.1 Å². The minimum atomic E-state index is -1.03. The monoisotopic (exact) mass is 563 g/mol. The lowest BCUT2D eigenvalue weighted by molar-refractivity contribution is -0.124. The Morgan fingerprint density at radius 3 is 2.54 bits per heavy atom. The molecule has 3 aromatic rings. The standard InChI is InChI=1S/C30H37N5O6/c1-6-8-14-24-26(29(37)39-5)34-28(41-24)25(20(3)4)33-27(36)23(16-22-17-35(15-7-2)19-31-22)32-30(38)40-18-21-12-10-9-11-13-21/h6-7,9-13,17,19-20,23,25H,1-2,8,14-16,18H2,3-5H3,(H,32,38)(H,33,36)/t23-,25?/m0/s1. The van der Waals surface area contributed by atoms with Gasteiger partial charge in [0, 0.05) is 25.6 Å². The number of imidazole rings is 1. The molecule has 2 N–H and O–H groups in total. The van der Waals surface area contributed by atoms with Crippen molar-refractivity contribution in [3.05, 3.63) is 96.8 Å². The van der Waals surface area contributed by atoms with Crippen LogP contribution in [0.5, 0.6) is 0 Å². The molecule has 11 nitrogen and oxygen atoms in total. The third-order valence-electron chi connectivity index (χ3n) is 6.16. The zero-order valence-electron chi connectivity index (χ0n) is 23.7. The fourth-order valence-corrected chi connectivity index (χ4v) is 4.02. The highest BCUT2D eigenvalue weighted by molar-refractivity contribution is 5.88. The number of nitrogens with one attached hydrogen (secondary N) is 2. The number of oxazole rings is 1. The van der Waals surface area contributed by atoms with Gasteiger partial charge in [-0.15, -0.1) is 13.2 Å². The molecule has 0 bridgehead atoms. The first-order valence-corrected chi connectivity index (χ1v) is 13.3. The summed E-state index contributed by atoms with van der Waals surface area (Å²) < 4.78 is 18.0. The highest BCUT2D eigenvalue weighted by Crippen LogP contribution is 2.25. The number of amides is 2. The van der Waals surface area contributed by atoms with Gasteiger partial charge in [-0.1, -0.05) is 56.3 Å². The summed E-state index contributed by atoms with van der Waals surface area (Å²) >= 11 is 0. The number of benzene rings is 1. The molecule has 0 aliphatic carbocycles. The third kappa shape index (κ3) is 8.92. The second-order valence-electron chi connectivity index (χ2n) is 9.69. The SMILES string of the molecule is C=CCCc1oc(C(NC(=O)[C@H](Cc2cn(CC=C)cn2)NC(=O)OCc2ccccc2)C(C)C)nc1C(=O)OC. The van der Waals surface area contributed by atoms with E-state index >= 15 is 0 Å². The molecule has 0 spiro atoms. The second-order valence-corrected chi connectivity index (χ2v) is 9.69. The molecule has 2 amide bonds. The van der Waals surface area contributed by atoms with Crippen LogP contribution in [0.4, 0.5) is 4.79 Å². The van der Waals surface area contributed by atoms with E-state index in [4.69, 9.17) is 13.9 Å². The van der Waals surface area contributed by atoms with Crippen molar-refractivity contribution in [2.45, 2.75) is 58.3 Å². The van der Waals surface area contributed by atoms with Crippen LogP contribution >= 0.6 is 0 Å². The summed E-state index contributed by atoms with van der Waals surface area (Å²) in [5.41, 5.74) is 1.45. The number of carbonyl (C=O) groups is 3. The minimum Gasteiger partial charge on any atom is -0.464 e. The summed E-state index contributed by atoms with van der Waals surface area (Å²) in [4.78, 5) is 47.4. The van der Waals surface area contributed by atoms with E-state index in [-0.39, 0.29) is 30.5 Å². The number of esters is 1. The van der Waals surface area contributed by atoms with Crippen molar-refractivity contribution >= 4 is 18.0 Å². The van der Waals surface area contributed by atoms with Gasteiger partial charge in [0.25, 0.3) is 0 Å². The van der Waals surface area contributed by atoms with Crippen LogP contribution in [-0.4, -0.2) is 45.7 Å². The van der Waals surface area contributed by atoms with Crippen molar-refractivity contribution in [2.75, 3.05) is 7.11 Å². The lowest BCUT2D eigenvalue weighted by Crippen LogP contribution is -2.49. The number of rotatable bonds is 15. The maximum atomic E-state index is 13.6. The lowest BCUT2D eigenvalue weighted by Gasteiger charge is -2.23. The average Bonchev–Trinajstić information content (AvgIpc) is 3.60. The molecule has 0 aliphatic heterocycles. The van der Waals surface area contributed by atoms with Crippen LogP contribution in [0.2, 0.25) is 0 Å². The minimum absolute atomic E-state index is 0.0453. The molecule has 11 heteroatoms. The van der Waals surface area contributed by atoms with E-state index in [2.05, 4.69) is 33.8 Å². The zero-order valence-corrected chi connectivity index (χ0v) is 23.7. The van der Waals surface area contributed by atoms with E-state index < -0.39 is 30.1 Å². The summed E-state index contributed by atoms with van der Waals surface area (Å²) in [5, 5.41) is 5.59. The smallest absolute Gasteiger partial charge is 0.408 e. The number of alkyl carbamates (subject to hydrolysis) is 1. The Balaban J connectivity index is 1.82. The second kappa shape index (κ2) is 15.2. The maximum absolute atomic E-state index is 13.6. The Morgan fingerprint density at radius 2 is 1.88 bits per heavy atom. The van der Waals surface area contributed by atoms with E-state index in [9.17, 15) is 14.4 Å². The van der Waals surface area contributed by atoms with Crippen LogP contribution in [0, 0.1) is 5.92 Å². The van der Waals surface area contributed by atoms with Gasteiger partial charge in [0.1, 0.15) is 24.5 Å². The molecule has 41 heavy (non-hydrogen) atoms. The third-order valence-corrected chi connectivity index (χ3v) is 6.16. The van der Waals surface area contributed by atoms with Crippen molar-refractivity contribution in [1.29, 1.82) is 0 Å². The molecule has 2 heterocycles. The first kappa shape index (κ1) is 30.9. The van der Waals surface area contributed by atoms with Crippen LogP contribution < -0.4 is 10.6 Å².